The van der Waals surface area contributed by atoms with Crippen molar-refractivity contribution in [3.8, 4) is 0 Å². The van der Waals surface area contributed by atoms with Crippen LogP contribution in [0.3, 0.4) is 0 Å². The quantitative estimate of drug-likeness (QED) is 0.514. The number of rotatable bonds is 1. The van der Waals surface area contributed by atoms with Gasteiger partial charge in [0.05, 0.1) is 0 Å². The van der Waals surface area contributed by atoms with E-state index in [4.69, 9.17) is 4.55 Å². The summed E-state index contributed by atoms with van der Waals surface area (Å²) in [5, 5.41) is 0. The van der Waals surface area contributed by atoms with Gasteiger partial charge in [-0.15, -0.1) is 0 Å². The van der Waals surface area contributed by atoms with Crippen LogP contribution in [0, 0.1) is 0 Å². The maximum absolute atomic E-state index is 8.18. The largest absolute Gasteiger partial charge is 0.326 e. The lowest BCUT2D eigenvalue weighted by Gasteiger charge is -1.82. The molecular weight excluding hydrogens is 96.1 g/mol. The van der Waals surface area contributed by atoms with Crippen LogP contribution in [0.5, 0.6) is 0 Å². The Bertz CT molecular complexity index is 58.6. The van der Waals surface area contributed by atoms with Crippen molar-refractivity contribution in [2.75, 3.05) is 0 Å². The molecule has 0 atom stereocenters. The number of hydrogen-bond donors (Lipinski definition) is 1. The molecule has 36 valence electrons. The van der Waals surface area contributed by atoms with Gasteiger partial charge in [0.2, 0.25) is 0 Å². The molecule has 0 heterocycles. The van der Waals surface area contributed by atoms with Crippen LogP contribution in [0.15, 0.2) is 11.0 Å². The average Bonchev–Trinajstić information content (AvgIpc) is 1.65. The summed E-state index contributed by atoms with van der Waals surface area (Å²) >= 11 is 0.786. The molecule has 0 spiro atoms. The van der Waals surface area contributed by atoms with Crippen molar-refractivity contribution in [3.05, 3.63) is 11.0 Å². The average molecular weight is 104 g/mol. The molecule has 0 bridgehead atoms. The zero-order valence-electron chi connectivity index (χ0n) is 3.93. The third-order valence-corrected chi connectivity index (χ3v) is 1.07. The summed E-state index contributed by atoms with van der Waals surface area (Å²) in [7, 11) is 0. The monoisotopic (exact) mass is 104 g/mol. The van der Waals surface area contributed by atoms with Crippen molar-refractivity contribution < 1.29 is 4.55 Å². The van der Waals surface area contributed by atoms with Crippen LogP contribution in [0.25, 0.3) is 0 Å². The fourth-order valence-corrected chi connectivity index (χ4v) is 0.158. The first-order chi connectivity index (χ1) is 2.81. The Morgan fingerprint density at radius 3 is 2.33 bits per heavy atom. The van der Waals surface area contributed by atoms with E-state index in [0.717, 1.165) is 16.9 Å². The molecule has 2 heteroatoms. The number of hydrogen-bond acceptors (Lipinski definition) is 2. The third kappa shape index (κ3) is 2.30. The third-order valence-electron chi connectivity index (χ3n) is 0.551. The van der Waals surface area contributed by atoms with Gasteiger partial charge in [0.15, 0.2) is 0 Å². The van der Waals surface area contributed by atoms with Gasteiger partial charge < -0.3 is 4.55 Å². The highest BCUT2D eigenvalue weighted by atomic mass is 32.2. The van der Waals surface area contributed by atoms with Gasteiger partial charge in [-0.05, 0) is 13.8 Å². The summed E-state index contributed by atoms with van der Waals surface area (Å²) in [6.45, 7) is 3.74. The predicted octanol–water partition coefficient (Wildman–Crippen LogP) is 2.12. The van der Waals surface area contributed by atoms with Crippen LogP contribution < -0.4 is 0 Å². The Kier molecular flexibility index (Phi) is 3.28. The van der Waals surface area contributed by atoms with E-state index in [0.29, 0.717) is 0 Å². The fourth-order valence-electron chi connectivity index (χ4n) is 0.0527. The summed E-state index contributed by atoms with van der Waals surface area (Å²) in [5.41, 5.74) is 0. The van der Waals surface area contributed by atoms with Crippen molar-refractivity contribution in [1.82, 2.24) is 0 Å². The second-order valence-electron chi connectivity index (χ2n) is 0.991. The smallest absolute Gasteiger partial charge is 0.0192 e. The molecule has 6 heavy (non-hydrogen) atoms. The van der Waals surface area contributed by atoms with E-state index in [1.807, 2.05) is 19.9 Å². The fraction of sp³-hybridized carbons (Fsp3) is 0.500. The zero-order chi connectivity index (χ0) is 4.99. The molecule has 0 rings (SSSR count). The molecule has 0 amide bonds. The lowest BCUT2D eigenvalue weighted by atomic mass is 10.6. The summed E-state index contributed by atoms with van der Waals surface area (Å²) in [5.74, 6) is 0. The van der Waals surface area contributed by atoms with Crippen LogP contribution in [-0.4, -0.2) is 4.55 Å². The first kappa shape index (κ1) is 6.05. The van der Waals surface area contributed by atoms with Crippen LogP contribution in [0.4, 0.5) is 0 Å². The minimum Gasteiger partial charge on any atom is -0.326 e. The van der Waals surface area contributed by atoms with E-state index in [-0.39, 0.29) is 0 Å². The summed E-state index contributed by atoms with van der Waals surface area (Å²) in [6.07, 6.45) is 1.85. The van der Waals surface area contributed by atoms with Gasteiger partial charge in [-0.1, -0.05) is 6.08 Å². The summed E-state index contributed by atoms with van der Waals surface area (Å²) in [6, 6.07) is 0. The maximum Gasteiger partial charge on any atom is 0.0192 e. The Labute approximate surface area is 42.3 Å². The van der Waals surface area contributed by atoms with Gasteiger partial charge in [0, 0.05) is 16.9 Å². The van der Waals surface area contributed by atoms with E-state index in [1.165, 1.54) is 0 Å². The highest BCUT2D eigenvalue weighted by Gasteiger charge is 1.76. The predicted molar refractivity (Wildman–Crippen MR) is 29.7 cm³/mol. The van der Waals surface area contributed by atoms with Crippen molar-refractivity contribution in [1.29, 1.82) is 0 Å². The van der Waals surface area contributed by atoms with Gasteiger partial charge >= 0.3 is 0 Å². The standard InChI is InChI=1S/C4H8OS/c1-3-4(2)6-5/h3,5H,1-2H3/b4-3+. The molecule has 0 aromatic carbocycles. The zero-order valence-corrected chi connectivity index (χ0v) is 4.75. The highest BCUT2D eigenvalue weighted by molar-refractivity contribution is 7.97. The van der Waals surface area contributed by atoms with Gasteiger partial charge in [-0.25, -0.2) is 0 Å². The molecule has 0 saturated carbocycles. The molecule has 0 saturated heterocycles. The van der Waals surface area contributed by atoms with E-state index < -0.39 is 0 Å². The minimum atomic E-state index is 0.786. The molecule has 0 radical (unpaired) electrons. The SMILES string of the molecule is C/C=C(\C)SO. The minimum absolute atomic E-state index is 0.786. The van der Waals surface area contributed by atoms with Crippen LogP contribution in [0.1, 0.15) is 13.8 Å². The molecule has 0 unspecified atom stereocenters. The maximum atomic E-state index is 8.18. The van der Waals surface area contributed by atoms with E-state index in [2.05, 4.69) is 0 Å². The Morgan fingerprint density at radius 1 is 1.83 bits per heavy atom. The molecule has 0 aromatic rings. The molecule has 0 aliphatic carbocycles. The van der Waals surface area contributed by atoms with Gasteiger partial charge in [-0.3, -0.25) is 0 Å². The van der Waals surface area contributed by atoms with E-state index in [9.17, 15) is 0 Å². The molecule has 0 fully saturated rings. The summed E-state index contributed by atoms with van der Waals surface area (Å²) < 4.78 is 8.18. The van der Waals surface area contributed by atoms with Crippen molar-refractivity contribution in [2.45, 2.75) is 13.8 Å². The normalized spacial score (nSPS) is 12.2. The molecule has 1 nitrogen and oxygen atoms in total. The van der Waals surface area contributed by atoms with Crippen LogP contribution in [-0.2, 0) is 0 Å². The van der Waals surface area contributed by atoms with Gasteiger partial charge in [0.1, 0.15) is 0 Å². The van der Waals surface area contributed by atoms with E-state index >= 15 is 0 Å². The van der Waals surface area contributed by atoms with Crippen molar-refractivity contribution in [2.24, 2.45) is 0 Å². The number of allylic oxidation sites excluding steroid dienone is 2. The molecule has 1 N–H and O–H groups in total. The van der Waals surface area contributed by atoms with Crippen LogP contribution >= 0.6 is 12.0 Å². The molecule has 0 aliphatic rings. The molecule has 0 aromatic heterocycles. The highest BCUT2D eigenvalue weighted by Crippen LogP contribution is 2.06. The lowest BCUT2D eigenvalue weighted by molar-refractivity contribution is 0.669. The Hall–Kier alpha value is 0.0500. The first-order valence-electron chi connectivity index (χ1n) is 1.75. The summed E-state index contributed by atoms with van der Waals surface area (Å²) in [4.78, 5) is 0.940. The van der Waals surface area contributed by atoms with Crippen LogP contribution in [0.2, 0.25) is 0 Å². The first-order valence-corrected chi connectivity index (χ1v) is 2.53. The van der Waals surface area contributed by atoms with Gasteiger partial charge in [0.25, 0.3) is 0 Å². The van der Waals surface area contributed by atoms with E-state index in [1.54, 1.807) is 0 Å². The Balaban J connectivity index is 3.22. The molecular formula is C4H8OS. The van der Waals surface area contributed by atoms with Gasteiger partial charge in [-0.2, -0.15) is 0 Å². The van der Waals surface area contributed by atoms with Crippen molar-refractivity contribution >= 4 is 12.0 Å². The lowest BCUT2D eigenvalue weighted by Crippen LogP contribution is -1.57. The van der Waals surface area contributed by atoms with Crippen molar-refractivity contribution in [3.63, 3.8) is 0 Å². The topological polar surface area (TPSA) is 20.2 Å². The Morgan fingerprint density at radius 2 is 2.33 bits per heavy atom. The second kappa shape index (κ2) is 3.25. The second-order valence-corrected chi connectivity index (χ2v) is 1.82. The molecule has 0 aliphatic heterocycles.